The van der Waals surface area contributed by atoms with E-state index in [2.05, 4.69) is 9.36 Å². The maximum atomic E-state index is 14.0. The van der Waals surface area contributed by atoms with Crippen molar-refractivity contribution in [1.29, 1.82) is 0 Å². The maximum Gasteiger partial charge on any atom is 0.373 e. The molecule has 4 rings (SSSR count). The highest BCUT2D eigenvalue weighted by atomic mass is 32.1. The fourth-order valence-electron chi connectivity index (χ4n) is 2.56. The van der Waals surface area contributed by atoms with Crippen molar-refractivity contribution in [3.8, 4) is 33.1 Å². The predicted molar refractivity (Wildman–Crippen MR) is 101 cm³/mol. The Hall–Kier alpha value is -3.47. The Kier molecular flexibility index (Phi) is 5.94. The van der Waals surface area contributed by atoms with E-state index in [4.69, 9.17) is 9.59 Å². The molecule has 0 saturated heterocycles. The maximum absolute atomic E-state index is 14.0. The molecule has 0 fully saturated rings. The molecule has 0 aliphatic heterocycles. The fraction of sp³-hybridized carbons (Fsp3) is 0. The van der Waals surface area contributed by atoms with Crippen LogP contribution >= 0.6 is 11.5 Å². The van der Waals surface area contributed by atoms with Crippen LogP contribution in [0.15, 0.2) is 78.9 Å². The lowest BCUT2D eigenvalue weighted by atomic mass is 10.0. The van der Waals surface area contributed by atoms with Gasteiger partial charge in [-0.1, -0.05) is 66.7 Å². The molecule has 132 valence electrons. The predicted octanol–water partition coefficient (Wildman–Crippen LogP) is 5.09. The first-order chi connectivity index (χ1) is 13.2. The van der Waals surface area contributed by atoms with Crippen molar-refractivity contribution in [3.05, 3.63) is 84.7 Å². The van der Waals surface area contributed by atoms with E-state index in [9.17, 15) is 4.39 Å². The van der Waals surface area contributed by atoms with Gasteiger partial charge in [0.2, 0.25) is 0 Å². The minimum atomic E-state index is -0.231. The molecule has 0 radical (unpaired) electrons. The van der Waals surface area contributed by atoms with Gasteiger partial charge < -0.3 is 0 Å². The fourth-order valence-corrected chi connectivity index (χ4v) is 3.25. The molecule has 0 amide bonds. The third kappa shape index (κ3) is 4.39. The number of rotatable bonds is 3. The first-order valence-corrected chi connectivity index (χ1v) is 8.74. The van der Waals surface area contributed by atoms with Crippen LogP contribution in [0.4, 0.5) is 4.39 Å². The second-order valence-corrected chi connectivity index (χ2v) is 6.18. The van der Waals surface area contributed by atoms with Crippen LogP contribution in [-0.4, -0.2) is 15.5 Å². The Labute approximate surface area is 159 Å². The van der Waals surface area contributed by atoms with Gasteiger partial charge in [-0.05, 0) is 29.2 Å². The molecule has 0 atom stereocenters. The highest BCUT2D eigenvalue weighted by molar-refractivity contribution is 7.09. The molecule has 4 aromatic rings. The van der Waals surface area contributed by atoms with Crippen molar-refractivity contribution >= 4 is 17.7 Å². The van der Waals surface area contributed by atoms with Crippen molar-refractivity contribution in [1.82, 2.24) is 9.36 Å². The second kappa shape index (κ2) is 8.76. The van der Waals surface area contributed by atoms with Crippen LogP contribution in [-0.2, 0) is 9.59 Å². The zero-order chi connectivity index (χ0) is 19.1. The van der Waals surface area contributed by atoms with Crippen molar-refractivity contribution in [2.75, 3.05) is 0 Å². The number of nitrogens with zero attached hydrogens (tertiary/aromatic N) is 2. The summed E-state index contributed by atoms with van der Waals surface area (Å²) in [5.41, 5.74) is 3.33. The SMILES string of the molecule is Fc1ccccc1-c1cccc(-c2nsc(-c3ccccc3)n2)c1.O=C=O. The van der Waals surface area contributed by atoms with Gasteiger partial charge in [0, 0.05) is 16.7 Å². The summed E-state index contributed by atoms with van der Waals surface area (Å²) in [6.07, 6.45) is 0.250. The van der Waals surface area contributed by atoms with Gasteiger partial charge in [-0.15, -0.1) is 0 Å². The first kappa shape index (κ1) is 18.3. The number of benzene rings is 3. The van der Waals surface area contributed by atoms with Crippen LogP contribution in [0.1, 0.15) is 0 Å². The zero-order valence-electron chi connectivity index (χ0n) is 14.0. The van der Waals surface area contributed by atoms with E-state index in [0.29, 0.717) is 11.4 Å². The van der Waals surface area contributed by atoms with Crippen molar-refractivity contribution in [2.24, 2.45) is 0 Å². The lowest BCUT2D eigenvalue weighted by Gasteiger charge is -2.04. The number of halogens is 1. The largest absolute Gasteiger partial charge is 0.373 e. The van der Waals surface area contributed by atoms with Crippen LogP contribution in [0.5, 0.6) is 0 Å². The van der Waals surface area contributed by atoms with Gasteiger partial charge >= 0.3 is 6.15 Å². The number of aromatic nitrogens is 2. The van der Waals surface area contributed by atoms with Crippen LogP contribution in [0.2, 0.25) is 0 Å². The summed E-state index contributed by atoms with van der Waals surface area (Å²) in [6, 6.07) is 24.4. The molecule has 0 bridgehead atoms. The molecule has 6 heteroatoms. The summed E-state index contributed by atoms with van der Waals surface area (Å²) in [6.45, 7) is 0. The molecule has 3 aromatic carbocycles. The quantitative estimate of drug-likeness (QED) is 0.499. The summed E-state index contributed by atoms with van der Waals surface area (Å²) in [5, 5.41) is 0.877. The summed E-state index contributed by atoms with van der Waals surface area (Å²) < 4.78 is 18.5. The molecular formula is C21H13FN2O2S. The summed E-state index contributed by atoms with van der Waals surface area (Å²) in [5.74, 6) is 0.433. The van der Waals surface area contributed by atoms with Crippen molar-refractivity contribution < 1.29 is 14.0 Å². The molecule has 1 heterocycles. The third-order valence-corrected chi connectivity index (χ3v) is 4.52. The Morgan fingerprint density at radius 2 is 1.41 bits per heavy atom. The smallest absolute Gasteiger partial charge is 0.215 e. The Morgan fingerprint density at radius 1 is 0.778 bits per heavy atom. The Bertz CT molecular complexity index is 1070. The second-order valence-electron chi connectivity index (χ2n) is 5.43. The molecule has 27 heavy (non-hydrogen) atoms. The van der Waals surface area contributed by atoms with Crippen LogP contribution in [0.25, 0.3) is 33.1 Å². The van der Waals surface area contributed by atoms with E-state index in [1.807, 2.05) is 60.7 Å². The molecule has 0 aliphatic rings. The first-order valence-electron chi connectivity index (χ1n) is 7.96. The lowest BCUT2D eigenvalue weighted by Crippen LogP contribution is -1.86. The van der Waals surface area contributed by atoms with Crippen molar-refractivity contribution in [2.45, 2.75) is 0 Å². The standard InChI is InChI=1S/C20H13FN2S.CO2/c21-18-12-5-4-11-17(18)15-9-6-10-16(13-15)19-22-20(24-23-19)14-7-2-1-3-8-14;2-1-3/h1-13H;. The van der Waals surface area contributed by atoms with E-state index in [0.717, 1.165) is 21.7 Å². The average molecular weight is 376 g/mol. The molecule has 0 N–H and O–H groups in total. The highest BCUT2D eigenvalue weighted by Gasteiger charge is 2.10. The van der Waals surface area contributed by atoms with Gasteiger partial charge in [-0.25, -0.2) is 9.37 Å². The monoisotopic (exact) mass is 376 g/mol. The lowest BCUT2D eigenvalue weighted by molar-refractivity contribution is -0.191. The summed E-state index contributed by atoms with van der Waals surface area (Å²) in [4.78, 5) is 20.9. The van der Waals surface area contributed by atoms with Gasteiger partial charge in [0.1, 0.15) is 10.8 Å². The van der Waals surface area contributed by atoms with Crippen LogP contribution in [0, 0.1) is 5.82 Å². The van der Waals surface area contributed by atoms with E-state index >= 15 is 0 Å². The zero-order valence-corrected chi connectivity index (χ0v) is 14.8. The van der Waals surface area contributed by atoms with E-state index in [1.54, 1.807) is 12.1 Å². The third-order valence-electron chi connectivity index (χ3n) is 3.75. The Balaban J connectivity index is 0.000000659. The van der Waals surface area contributed by atoms with Gasteiger partial charge in [0.25, 0.3) is 0 Å². The number of carbonyl (C=O) groups excluding carboxylic acids is 2. The molecule has 0 aliphatic carbocycles. The van der Waals surface area contributed by atoms with Gasteiger partial charge in [0.05, 0.1) is 0 Å². The summed E-state index contributed by atoms with van der Waals surface area (Å²) in [7, 11) is 0. The molecular weight excluding hydrogens is 363 g/mol. The molecule has 0 spiro atoms. The minimum absolute atomic E-state index is 0.231. The number of hydrogen-bond acceptors (Lipinski definition) is 5. The normalized spacial score (nSPS) is 9.81. The van der Waals surface area contributed by atoms with Gasteiger partial charge in [-0.2, -0.15) is 14.0 Å². The molecule has 0 saturated carbocycles. The highest BCUT2D eigenvalue weighted by Crippen LogP contribution is 2.29. The topological polar surface area (TPSA) is 59.9 Å². The minimum Gasteiger partial charge on any atom is -0.215 e. The van der Waals surface area contributed by atoms with Gasteiger partial charge in [0.15, 0.2) is 5.82 Å². The van der Waals surface area contributed by atoms with E-state index < -0.39 is 0 Å². The molecule has 0 unspecified atom stereocenters. The molecule has 4 nitrogen and oxygen atoms in total. The van der Waals surface area contributed by atoms with Crippen molar-refractivity contribution in [3.63, 3.8) is 0 Å². The average Bonchev–Trinajstić information content (AvgIpc) is 3.20. The van der Waals surface area contributed by atoms with E-state index in [1.165, 1.54) is 17.6 Å². The number of hydrogen-bond donors (Lipinski definition) is 0. The van der Waals surface area contributed by atoms with Crippen LogP contribution < -0.4 is 0 Å². The van der Waals surface area contributed by atoms with E-state index in [-0.39, 0.29) is 12.0 Å². The summed E-state index contributed by atoms with van der Waals surface area (Å²) >= 11 is 1.37. The van der Waals surface area contributed by atoms with Crippen LogP contribution in [0.3, 0.4) is 0 Å². The Morgan fingerprint density at radius 3 is 2.15 bits per heavy atom. The van der Waals surface area contributed by atoms with Gasteiger partial charge in [-0.3, -0.25) is 0 Å². The molecule has 1 aromatic heterocycles.